The molecule has 1 aromatic rings. The Balaban J connectivity index is 2.54. The molecule has 1 heterocycles. The van der Waals surface area contributed by atoms with Crippen LogP contribution in [0.15, 0.2) is 30.3 Å². The Kier molecular flexibility index (Phi) is 2.93. The Morgan fingerprint density at radius 2 is 1.82 bits per heavy atom. The predicted molar refractivity (Wildman–Crippen MR) is 67.7 cm³/mol. The quantitative estimate of drug-likeness (QED) is 0.780. The molecule has 1 atom stereocenters. The second kappa shape index (κ2) is 4.25. The van der Waals surface area contributed by atoms with Crippen molar-refractivity contribution in [2.75, 3.05) is 0 Å². The number of carbonyl (C=O) groups is 2. The first-order valence-electron chi connectivity index (χ1n) is 5.33. The molecule has 88 valence electrons. The van der Waals surface area contributed by atoms with Crippen LogP contribution in [0.2, 0.25) is 0 Å². The maximum atomic E-state index is 12.1. The van der Waals surface area contributed by atoms with E-state index in [0.717, 1.165) is 5.56 Å². The van der Waals surface area contributed by atoms with Gasteiger partial charge in [0.25, 0.3) is 0 Å². The molecular formula is C12H12N2O2S. The number of benzene rings is 1. The fourth-order valence-corrected chi connectivity index (χ4v) is 2.51. The van der Waals surface area contributed by atoms with Crippen molar-refractivity contribution in [1.29, 1.82) is 0 Å². The standard InChI is InChI=1S/C12H12N2O2S/c1-2-12(8-6-4-3-5-7-8)9(15)13-11(16)14-10(12)17/h3-7H,2H2,1H3,(H2,13,14,15,16,17)/t12-/m1/s1. The lowest BCUT2D eigenvalue weighted by atomic mass is 9.76. The molecule has 17 heavy (non-hydrogen) atoms. The van der Waals surface area contributed by atoms with Gasteiger partial charge in [0.05, 0.1) is 0 Å². The van der Waals surface area contributed by atoms with Crippen molar-refractivity contribution >= 4 is 29.1 Å². The Bertz CT molecular complexity index is 465. The van der Waals surface area contributed by atoms with E-state index < -0.39 is 11.4 Å². The van der Waals surface area contributed by atoms with E-state index in [1.165, 1.54) is 0 Å². The van der Waals surface area contributed by atoms with E-state index in [9.17, 15) is 9.59 Å². The van der Waals surface area contributed by atoms with Gasteiger partial charge in [-0.1, -0.05) is 49.5 Å². The number of urea groups is 1. The van der Waals surface area contributed by atoms with E-state index in [2.05, 4.69) is 10.6 Å². The van der Waals surface area contributed by atoms with Crippen molar-refractivity contribution in [2.45, 2.75) is 18.8 Å². The van der Waals surface area contributed by atoms with Crippen LogP contribution in [0.5, 0.6) is 0 Å². The highest BCUT2D eigenvalue weighted by Gasteiger charge is 2.47. The smallest absolute Gasteiger partial charge is 0.301 e. The predicted octanol–water partition coefficient (Wildman–Crippen LogP) is 1.50. The number of amides is 3. The first-order chi connectivity index (χ1) is 8.11. The van der Waals surface area contributed by atoms with E-state index in [1.54, 1.807) is 0 Å². The number of nitrogens with one attached hydrogen (secondary N) is 2. The van der Waals surface area contributed by atoms with Crippen LogP contribution in [0.1, 0.15) is 18.9 Å². The van der Waals surface area contributed by atoms with Gasteiger partial charge in [0.1, 0.15) is 10.4 Å². The zero-order valence-electron chi connectivity index (χ0n) is 9.32. The molecule has 0 saturated carbocycles. The molecule has 0 spiro atoms. The maximum absolute atomic E-state index is 12.1. The molecule has 1 fully saturated rings. The fraction of sp³-hybridized carbons (Fsp3) is 0.250. The summed E-state index contributed by atoms with van der Waals surface area (Å²) in [6, 6.07) is 8.69. The minimum atomic E-state index is -0.940. The van der Waals surface area contributed by atoms with Gasteiger partial charge in [-0.15, -0.1) is 0 Å². The zero-order chi connectivity index (χ0) is 12.5. The zero-order valence-corrected chi connectivity index (χ0v) is 10.1. The van der Waals surface area contributed by atoms with Crippen LogP contribution in [0.25, 0.3) is 0 Å². The molecule has 2 N–H and O–H groups in total. The van der Waals surface area contributed by atoms with Crippen molar-refractivity contribution in [3.8, 4) is 0 Å². The molecule has 1 aliphatic rings. The summed E-state index contributed by atoms with van der Waals surface area (Å²) in [5, 5.41) is 4.78. The van der Waals surface area contributed by atoms with Crippen LogP contribution in [0.3, 0.4) is 0 Å². The van der Waals surface area contributed by atoms with Gasteiger partial charge >= 0.3 is 6.03 Å². The van der Waals surface area contributed by atoms with Crippen LogP contribution in [-0.4, -0.2) is 16.9 Å². The molecule has 0 bridgehead atoms. The molecule has 2 rings (SSSR count). The maximum Gasteiger partial charge on any atom is 0.326 e. The third kappa shape index (κ3) is 1.72. The van der Waals surface area contributed by atoms with Gasteiger partial charge in [0.15, 0.2) is 0 Å². The fourth-order valence-electron chi connectivity index (χ4n) is 2.06. The second-order valence-corrected chi connectivity index (χ2v) is 4.27. The monoisotopic (exact) mass is 248 g/mol. The van der Waals surface area contributed by atoms with Crippen molar-refractivity contribution in [2.24, 2.45) is 0 Å². The summed E-state index contributed by atoms with van der Waals surface area (Å²) in [5.74, 6) is -0.361. The van der Waals surface area contributed by atoms with Gasteiger partial charge < -0.3 is 5.32 Å². The summed E-state index contributed by atoms with van der Waals surface area (Å²) < 4.78 is 0. The summed E-state index contributed by atoms with van der Waals surface area (Å²) in [7, 11) is 0. The first-order valence-corrected chi connectivity index (χ1v) is 5.74. The number of rotatable bonds is 2. The topological polar surface area (TPSA) is 58.2 Å². The number of hydrogen-bond acceptors (Lipinski definition) is 3. The number of carbonyl (C=O) groups excluding carboxylic acids is 2. The van der Waals surface area contributed by atoms with Crippen molar-refractivity contribution in [3.63, 3.8) is 0 Å². The van der Waals surface area contributed by atoms with Gasteiger partial charge in [-0.05, 0) is 12.0 Å². The summed E-state index contributed by atoms with van der Waals surface area (Å²) in [6.07, 6.45) is 0.502. The minimum Gasteiger partial charge on any atom is -0.301 e. The van der Waals surface area contributed by atoms with Crippen LogP contribution in [0.4, 0.5) is 4.79 Å². The highest BCUT2D eigenvalue weighted by molar-refractivity contribution is 7.80. The molecule has 0 radical (unpaired) electrons. The molecule has 1 saturated heterocycles. The molecule has 3 amide bonds. The summed E-state index contributed by atoms with van der Waals surface area (Å²) in [5.41, 5.74) is -0.144. The molecule has 1 aromatic carbocycles. The second-order valence-electron chi connectivity index (χ2n) is 3.86. The molecule has 5 heteroatoms. The minimum absolute atomic E-state index is 0.264. The SMILES string of the molecule is CC[C@@]1(c2ccccc2)C(=O)NC(=O)NC1=S. The van der Waals surface area contributed by atoms with E-state index in [1.807, 2.05) is 37.3 Å². The van der Waals surface area contributed by atoms with E-state index >= 15 is 0 Å². The Hall–Kier alpha value is -1.75. The third-order valence-electron chi connectivity index (χ3n) is 3.03. The van der Waals surface area contributed by atoms with Gasteiger partial charge in [0, 0.05) is 0 Å². The Morgan fingerprint density at radius 3 is 2.35 bits per heavy atom. The lowest BCUT2D eigenvalue weighted by molar-refractivity contribution is -0.123. The summed E-state index contributed by atoms with van der Waals surface area (Å²) >= 11 is 5.18. The largest absolute Gasteiger partial charge is 0.326 e. The molecule has 1 aliphatic heterocycles. The van der Waals surface area contributed by atoms with Crippen molar-refractivity contribution in [1.82, 2.24) is 10.6 Å². The summed E-state index contributed by atoms with van der Waals surface area (Å²) in [4.78, 5) is 23.6. The third-order valence-corrected chi connectivity index (χ3v) is 3.48. The number of hydrogen-bond donors (Lipinski definition) is 2. The molecule has 0 aromatic heterocycles. The van der Waals surface area contributed by atoms with Crippen molar-refractivity contribution in [3.05, 3.63) is 35.9 Å². The first kappa shape index (κ1) is 11.7. The Morgan fingerprint density at radius 1 is 1.18 bits per heavy atom. The Labute approximate surface area is 104 Å². The van der Waals surface area contributed by atoms with Gasteiger partial charge in [-0.2, -0.15) is 0 Å². The lowest BCUT2D eigenvalue weighted by Crippen LogP contribution is -2.63. The number of thiocarbonyl (C=S) groups is 1. The number of imide groups is 1. The van der Waals surface area contributed by atoms with E-state index in [-0.39, 0.29) is 10.9 Å². The molecule has 4 nitrogen and oxygen atoms in total. The van der Waals surface area contributed by atoms with Crippen LogP contribution >= 0.6 is 12.2 Å². The molecular weight excluding hydrogens is 236 g/mol. The van der Waals surface area contributed by atoms with Gasteiger partial charge in [0.2, 0.25) is 5.91 Å². The summed E-state index contributed by atoms with van der Waals surface area (Å²) in [6.45, 7) is 1.87. The van der Waals surface area contributed by atoms with Gasteiger partial charge in [-0.3, -0.25) is 10.1 Å². The molecule has 0 aliphatic carbocycles. The average Bonchev–Trinajstić information content (AvgIpc) is 2.30. The highest BCUT2D eigenvalue weighted by Crippen LogP contribution is 2.31. The van der Waals surface area contributed by atoms with Crippen LogP contribution in [0, 0.1) is 0 Å². The van der Waals surface area contributed by atoms with Crippen LogP contribution < -0.4 is 10.6 Å². The van der Waals surface area contributed by atoms with E-state index in [0.29, 0.717) is 6.42 Å². The van der Waals surface area contributed by atoms with Crippen molar-refractivity contribution < 1.29 is 9.59 Å². The molecule has 0 unspecified atom stereocenters. The average molecular weight is 248 g/mol. The lowest BCUT2D eigenvalue weighted by Gasteiger charge is -2.35. The van der Waals surface area contributed by atoms with E-state index in [4.69, 9.17) is 12.2 Å². The van der Waals surface area contributed by atoms with Crippen LogP contribution in [-0.2, 0) is 10.2 Å². The normalized spacial score (nSPS) is 24.2. The van der Waals surface area contributed by atoms with Gasteiger partial charge in [-0.25, -0.2) is 4.79 Å². The highest BCUT2D eigenvalue weighted by atomic mass is 32.1.